The van der Waals surface area contributed by atoms with Gasteiger partial charge in [-0.25, -0.2) is 19.9 Å². The van der Waals surface area contributed by atoms with Crippen molar-refractivity contribution in [3.8, 4) is 56.5 Å². The smallest absolute Gasteiger partial charge is 0.164 e. The van der Waals surface area contributed by atoms with Gasteiger partial charge in [0.2, 0.25) is 0 Å². The molecule has 0 fully saturated rings. The Bertz CT molecular complexity index is 3500. The van der Waals surface area contributed by atoms with Crippen molar-refractivity contribution in [1.29, 1.82) is 0 Å². The van der Waals surface area contributed by atoms with Crippen LogP contribution in [0.15, 0.2) is 191 Å². The fourth-order valence-electron chi connectivity index (χ4n) is 8.37. The Balaban J connectivity index is 1.09. The van der Waals surface area contributed by atoms with Crippen molar-refractivity contribution in [3.63, 3.8) is 0 Å². The third-order valence-corrected chi connectivity index (χ3v) is 11.1. The van der Waals surface area contributed by atoms with E-state index in [9.17, 15) is 0 Å². The van der Waals surface area contributed by atoms with Gasteiger partial charge in [0.05, 0.1) is 11.2 Å². The Labute approximate surface area is 331 Å². The summed E-state index contributed by atoms with van der Waals surface area (Å²) in [5.74, 6) is 1.86. The lowest BCUT2D eigenvalue weighted by Gasteiger charge is -2.14. The largest absolute Gasteiger partial charge is 0.456 e. The molecule has 0 atom stereocenters. The zero-order valence-corrected chi connectivity index (χ0v) is 30.9. The number of pyridine rings is 1. The van der Waals surface area contributed by atoms with E-state index in [2.05, 4.69) is 97.1 Å². The number of rotatable bonds is 5. The van der Waals surface area contributed by atoms with Gasteiger partial charge in [0.1, 0.15) is 22.3 Å². The molecule has 8 aromatic carbocycles. The van der Waals surface area contributed by atoms with Crippen molar-refractivity contribution in [2.24, 2.45) is 0 Å². The summed E-state index contributed by atoms with van der Waals surface area (Å²) in [5.41, 5.74) is 11.0. The molecule has 0 spiro atoms. The van der Waals surface area contributed by atoms with Crippen LogP contribution < -0.4 is 0 Å². The summed E-state index contributed by atoms with van der Waals surface area (Å²) in [6.45, 7) is 0. The SMILES string of the molecule is c1ccc(-c2nc(-c3ccccc3)nc(-c3ccc(-c4cc5c(-c6ccc7oc8ccccc8c7c6)nc6ccccc6c5c5c4oc4ccccc45)cc3)n2)cc1. The lowest BCUT2D eigenvalue weighted by Crippen LogP contribution is -2.00. The number of aromatic nitrogens is 4. The van der Waals surface area contributed by atoms with Crippen molar-refractivity contribution in [1.82, 2.24) is 19.9 Å². The van der Waals surface area contributed by atoms with E-state index in [0.717, 1.165) is 105 Å². The van der Waals surface area contributed by atoms with Gasteiger partial charge in [0, 0.05) is 65.5 Å². The van der Waals surface area contributed by atoms with Crippen molar-refractivity contribution in [3.05, 3.63) is 182 Å². The van der Waals surface area contributed by atoms with Crippen molar-refractivity contribution in [2.75, 3.05) is 0 Å². The Morgan fingerprint density at radius 2 is 0.828 bits per heavy atom. The molecule has 0 N–H and O–H groups in total. The highest BCUT2D eigenvalue weighted by atomic mass is 16.3. The second-order valence-electron chi connectivity index (χ2n) is 14.6. The van der Waals surface area contributed by atoms with E-state index in [4.69, 9.17) is 28.8 Å². The number of benzene rings is 8. The molecule has 12 aromatic rings. The minimum absolute atomic E-state index is 0.603. The minimum atomic E-state index is 0.603. The molecule has 0 bridgehead atoms. The van der Waals surface area contributed by atoms with Gasteiger partial charge in [-0.05, 0) is 48.0 Å². The summed E-state index contributed by atoms with van der Waals surface area (Å²) < 4.78 is 13.0. The van der Waals surface area contributed by atoms with Crippen LogP contribution in [-0.4, -0.2) is 19.9 Å². The summed E-state index contributed by atoms with van der Waals surface area (Å²) in [7, 11) is 0. The van der Waals surface area contributed by atoms with Crippen LogP contribution in [0.1, 0.15) is 0 Å². The van der Waals surface area contributed by atoms with Crippen molar-refractivity contribution >= 4 is 65.6 Å². The maximum atomic E-state index is 6.81. The lowest BCUT2D eigenvalue weighted by molar-refractivity contribution is 0.669. The first kappa shape index (κ1) is 32.3. The second-order valence-corrected chi connectivity index (χ2v) is 14.6. The van der Waals surface area contributed by atoms with Crippen molar-refractivity contribution in [2.45, 2.75) is 0 Å². The number of fused-ring (bicyclic) bond motifs is 10. The van der Waals surface area contributed by atoms with E-state index in [0.29, 0.717) is 17.5 Å². The van der Waals surface area contributed by atoms with Gasteiger partial charge >= 0.3 is 0 Å². The monoisotopic (exact) mass is 742 g/mol. The molecule has 12 rings (SSSR count). The van der Waals surface area contributed by atoms with E-state index < -0.39 is 0 Å². The van der Waals surface area contributed by atoms with E-state index in [-0.39, 0.29) is 0 Å². The van der Waals surface area contributed by atoms with E-state index in [1.807, 2.05) is 84.9 Å². The fraction of sp³-hybridized carbons (Fsp3) is 0. The number of hydrogen-bond donors (Lipinski definition) is 0. The predicted octanol–water partition coefficient (Wildman–Crippen LogP) is 13.7. The highest BCUT2D eigenvalue weighted by Gasteiger charge is 2.22. The number of furan rings is 2. The number of nitrogens with zero attached hydrogens (tertiary/aromatic N) is 4. The summed E-state index contributed by atoms with van der Waals surface area (Å²) in [6.07, 6.45) is 0. The van der Waals surface area contributed by atoms with Gasteiger partial charge in [-0.3, -0.25) is 0 Å². The highest BCUT2D eigenvalue weighted by Crippen LogP contribution is 2.46. The van der Waals surface area contributed by atoms with Gasteiger partial charge in [-0.2, -0.15) is 0 Å². The molecule has 270 valence electrons. The average Bonchev–Trinajstić information content (AvgIpc) is 3.88. The fourth-order valence-corrected chi connectivity index (χ4v) is 8.37. The molecule has 0 radical (unpaired) electrons. The summed E-state index contributed by atoms with van der Waals surface area (Å²) in [6, 6.07) is 62.1. The summed E-state index contributed by atoms with van der Waals surface area (Å²) >= 11 is 0. The molecule has 0 saturated carbocycles. The molecular weight excluding hydrogens is 713 g/mol. The minimum Gasteiger partial charge on any atom is -0.456 e. The van der Waals surface area contributed by atoms with Crippen LogP contribution in [0.4, 0.5) is 0 Å². The molecular formula is C52H30N4O2. The zero-order valence-electron chi connectivity index (χ0n) is 30.9. The molecule has 0 saturated heterocycles. The Kier molecular flexibility index (Phi) is 7.13. The molecule has 4 heterocycles. The first-order valence-electron chi connectivity index (χ1n) is 19.3. The Morgan fingerprint density at radius 3 is 1.52 bits per heavy atom. The third-order valence-electron chi connectivity index (χ3n) is 11.1. The van der Waals surface area contributed by atoms with Crippen LogP contribution in [0.3, 0.4) is 0 Å². The van der Waals surface area contributed by atoms with Crippen molar-refractivity contribution < 1.29 is 8.83 Å². The molecule has 58 heavy (non-hydrogen) atoms. The lowest BCUT2D eigenvalue weighted by atomic mass is 9.91. The van der Waals surface area contributed by atoms with Crippen LogP contribution in [-0.2, 0) is 0 Å². The molecule has 0 aliphatic heterocycles. The zero-order chi connectivity index (χ0) is 38.2. The topological polar surface area (TPSA) is 77.8 Å². The molecule has 6 nitrogen and oxygen atoms in total. The highest BCUT2D eigenvalue weighted by molar-refractivity contribution is 6.30. The molecule has 4 aromatic heterocycles. The van der Waals surface area contributed by atoms with Crippen LogP contribution in [0, 0.1) is 0 Å². The predicted molar refractivity (Wildman–Crippen MR) is 234 cm³/mol. The van der Waals surface area contributed by atoms with Crippen LogP contribution in [0.25, 0.3) is 122 Å². The molecule has 0 aliphatic carbocycles. The normalized spacial score (nSPS) is 11.8. The molecule has 0 aliphatic rings. The molecule has 0 unspecified atom stereocenters. The Hall–Kier alpha value is -7.96. The van der Waals surface area contributed by atoms with Crippen LogP contribution in [0.5, 0.6) is 0 Å². The van der Waals surface area contributed by atoms with E-state index >= 15 is 0 Å². The van der Waals surface area contributed by atoms with E-state index in [1.54, 1.807) is 0 Å². The van der Waals surface area contributed by atoms with Gasteiger partial charge in [-0.15, -0.1) is 0 Å². The summed E-state index contributed by atoms with van der Waals surface area (Å²) in [5, 5.41) is 7.51. The molecule has 0 amide bonds. The van der Waals surface area contributed by atoms with Gasteiger partial charge in [-0.1, -0.05) is 140 Å². The number of hydrogen-bond acceptors (Lipinski definition) is 6. The second kappa shape index (κ2) is 12.8. The summed E-state index contributed by atoms with van der Waals surface area (Å²) in [4.78, 5) is 20.2. The third kappa shape index (κ3) is 5.12. The van der Waals surface area contributed by atoms with E-state index in [1.165, 1.54) is 0 Å². The maximum Gasteiger partial charge on any atom is 0.164 e. The van der Waals surface area contributed by atoms with Gasteiger partial charge in [0.15, 0.2) is 17.5 Å². The first-order valence-corrected chi connectivity index (χ1v) is 19.3. The van der Waals surface area contributed by atoms with Crippen LogP contribution in [0.2, 0.25) is 0 Å². The van der Waals surface area contributed by atoms with Crippen LogP contribution >= 0.6 is 0 Å². The molecule has 6 heteroatoms. The van der Waals surface area contributed by atoms with Gasteiger partial charge < -0.3 is 8.83 Å². The number of para-hydroxylation sites is 3. The quantitative estimate of drug-likeness (QED) is 0.163. The maximum absolute atomic E-state index is 6.81. The Morgan fingerprint density at radius 1 is 0.310 bits per heavy atom. The average molecular weight is 743 g/mol. The van der Waals surface area contributed by atoms with Gasteiger partial charge in [0.25, 0.3) is 0 Å². The first-order chi connectivity index (χ1) is 28.7. The standard InChI is InChI=1S/C52H30N4O2/c1-3-13-32(14-4-1)50-54-51(33-15-5-2-6-16-33)56-52(55-50)34-25-23-31(24-26-34)39-30-41-46(47-38-19-9-12-22-44(38)58-49(39)47)37-18-7-10-20-42(37)53-48(41)35-27-28-45-40(29-35)36-17-8-11-21-43(36)57-45/h1-30H.